The molecule has 1 N–H and O–H groups in total. The summed E-state index contributed by atoms with van der Waals surface area (Å²) in [6.07, 6.45) is -7.90. The van der Waals surface area contributed by atoms with Crippen LogP contribution in [0.25, 0.3) is 0 Å². The zero-order valence-electron chi connectivity index (χ0n) is 4.84. The van der Waals surface area contributed by atoms with Gasteiger partial charge in [-0.3, -0.25) is 0 Å². The summed E-state index contributed by atoms with van der Waals surface area (Å²) in [4.78, 5) is 0. The van der Waals surface area contributed by atoms with Crippen LogP contribution in [0.5, 0.6) is 0 Å². The smallest absolute Gasteiger partial charge is 0.870 e. The summed E-state index contributed by atoms with van der Waals surface area (Å²) in [5, 5.41) is 0. The molecule has 0 saturated heterocycles. The molecule has 0 atom stereocenters. The third-order valence-corrected chi connectivity index (χ3v) is 0.236. The molecule has 0 aromatic heterocycles. The van der Waals surface area contributed by atoms with Gasteiger partial charge in [-0.1, -0.05) is 0 Å². The molecule has 56 valence electrons. The van der Waals surface area contributed by atoms with Gasteiger partial charge in [0.1, 0.15) is 0 Å². The number of rotatable bonds is 0. The number of hydrogen-bond acceptors (Lipinski definition) is 1. The van der Waals surface area contributed by atoms with Crippen LogP contribution in [0.4, 0.5) is 22.0 Å². The van der Waals surface area contributed by atoms with Crippen LogP contribution in [0.15, 0.2) is 6.08 Å². The molecule has 0 amide bonds. The summed E-state index contributed by atoms with van der Waals surface area (Å²) >= 11 is 0. The first-order valence-corrected chi connectivity index (χ1v) is 1.44. The van der Waals surface area contributed by atoms with E-state index in [2.05, 4.69) is 0 Å². The van der Waals surface area contributed by atoms with Crippen molar-refractivity contribution in [1.82, 2.24) is 0 Å². The minimum absolute atomic E-state index is 0. The monoisotopic (exact) mass is 155 g/mol. The van der Waals surface area contributed by atoms with E-state index < -0.39 is 12.3 Å². The molecule has 0 bridgehead atoms. The van der Waals surface area contributed by atoms with Crippen molar-refractivity contribution >= 4 is 0 Å². The van der Waals surface area contributed by atoms with Crippen molar-refractivity contribution in [3.05, 3.63) is 12.2 Å². The van der Waals surface area contributed by atoms with Gasteiger partial charge < -0.3 is 11.6 Å². The molecule has 0 aromatic rings. The first-order valence-electron chi connectivity index (χ1n) is 1.44. The van der Waals surface area contributed by atoms with Crippen molar-refractivity contribution in [2.24, 2.45) is 0 Å². The number of halogens is 5. The van der Waals surface area contributed by atoms with Crippen LogP contribution < -0.4 is 18.9 Å². The molecule has 0 unspecified atom stereocenters. The molecule has 0 aromatic carbocycles. The number of allylic oxidation sites excluding steroid dienone is 1. The van der Waals surface area contributed by atoms with Gasteiger partial charge in [0, 0.05) is 0 Å². The molecule has 0 aliphatic carbocycles. The van der Waals surface area contributed by atoms with Gasteiger partial charge in [-0.2, -0.15) is 0 Å². The molecule has 0 radical (unpaired) electrons. The van der Waals surface area contributed by atoms with Crippen molar-refractivity contribution in [2.45, 2.75) is 6.18 Å². The van der Waals surface area contributed by atoms with E-state index >= 15 is 0 Å². The zero-order chi connectivity index (χ0) is 6.78. The van der Waals surface area contributed by atoms with E-state index in [0.29, 0.717) is 0 Å². The van der Waals surface area contributed by atoms with Gasteiger partial charge >= 0.3 is 18.9 Å². The van der Waals surface area contributed by atoms with Crippen LogP contribution in [0.1, 0.15) is 0 Å². The van der Waals surface area contributed by atoms with E-state index in [0.717, 1.165) is 0 Å². The predicted molar refractivity (Wildman–Crippen MR) is 17.0 cm³/mol. The first kappa shape index (κ1) is 16.5. The average Bonchev–Trinajstić information content (AvgIpc) is 1.21. The molecular formula is C3HF5LiO-. The Balaban J connectivity index is -0.000000245. The number of alkyl halides is 3. The fourth-order valence-electron chi connectivity index (χ4n) is 0.107. The Labute approximate surface area is 65.4 Å². The SMILES string of the molecule is FC(F)=[C-]C(F)(F)F.[Li+].[OH-]. The Kier molecular flexibility index (Phi) is 9.42. The Morgan fingerprint density at radius 1 is 1.10 bits per heavy atom. The van der Waals surface area contributed by atoms with Gasteiger partial charge in [-0.05, 0) is 0 Å². The van der Waals surface area contributed by atoms with Crippen LogP contribution in [-0.4, -0.2) is 11.7 Å². The van der Waals surface area contributed by atoms with E-state index in [9.17, 15) is 22.0 Å². The van der Waals surface area contributed by atoms with Crippen LogP contribution >= 0.6 is 0 Å². The van der Waals surface area contributed by atoms with Gasteiger partial charge in [-0.15, -0.1) is 0 Å². The zero-order valence-corrected chi connectivity index (χ0v) is 4.84. The molecule has 0 fully saturated rings. The van der Waals surface area contributed by atoms with Crippen molar-refractivity contribution in [3.63, 3.8) is 0 Å². The Bertz CT molecular complexity index is 104. The normalized spacial score (nSPS) is 8.90. The van der Waals surface area contributed by atoms with E-state index in [4.69, 9.17) is 0 Å². The van der Waals surface area contributed by atoms with Crippen LogP contribution in [0.2, 0.25) is 0 Å². The maximum atomic E-state index is 10.7. The third-order valence-electron chi connectivity index (χ3n) is 0.236. The minimum atomic E-state index is -5.02. The number of hydrogen-bond donors (Lipinski definition) is 0. The van der Waals surface area contributed by atoms with E-state index in [1.54, 1.807) is 0 Å². The first-order chi connectivity index (χ1) is 3.42. The largest absolute Gasteiger partial charge is 1.00 e. The van der Waals surface area contributed by atoms with Crippen molar-refractivity contribution in [1.29, 1.82) is 0 Å². The molecule has 1 nitrogen and oxygen atoms in total. The molecule has 0 spiro atoms. The second kappa shape index (κ2) is 5.71. The van der Waals surface area contributed by atoms with E-state index in [1.165, 1.54) is 0 Å². The summed E-state index contributed by atoms with van der Waals surface area (Å²) in [7, 11) is 0. The molecule has 7 heteroatoms. The summed E-state index contributed by atoms with van der Waals surface area (Å²) in [5.74, 6) is 0. The maximum absolute atomic E-state index is 10.7. The van der Waals surface area contributed by atoms with Gasteiger partial charge in [0.25, 0.3) is 6.18 Å². The van der Waals surface area contributed by atoms with Crippen LogP contribution in [-0.2, 0) is 0 Å². The summed E-state index contributed by atoms with van der Waals surface area (Å²) < 4.78 is 53.3. The van der Waals surface area contributed by atoms with Crippen molar-refractivity contribution < 1.29 is 46.3 Å². The molecular weight excluding hydrogens is 154 g/mol. The standard InChI is InChI=1S/C3F5.Li.H2O/c4-2(5)1-3(6,7)8;;/h;;1H2/q-1;+1;/p-1. The van der Waals surface area contributed by atoms with Gasteiger partial charge in [0.15, 0.2) is 0 Å². The van der Waals surface area contributed by atoms with Gasteiger partial charge in [0.05, 0.1) is 6.08 Å². The van der Waals surface area contributed by atoms with Crippen LogP contribution in [0, 0.1) is 6.08 Å². The average molecular weight is 155 g/mol. The Morgan fingerprint density at radius 2 is 1.40 bits per heavy atom. The van der Waals surface area contributed by atoms with Crippen molar-refractivity contribution in [3.8, 4) is 0 Å². The maximum Gasteiger partial charge on any atom is 1.00 e. The molecule has 0 aliphatic heterocycles. The Morgan fingerprint density at radius 3 is 1.40 bits per heavy atom. The topological polar surface area (TPSA) is 30.0 Å². The van der Waals surface area contributed by atoms with Crippen molar-refractivity contribution in [2.75, 3.05) is 0 Å². The quantitative estimate of drug-likeness (QED) is 0.249. The van der Waals surface area contributed by atoms with Crippen LogP contribution in [0.3, 0.4) is 0 Å². The summed E-state index contributed by atoms with van der Waals surface area (Å²) in [6, 6.07) is 0. The molecule has 0 saturated carbocycles. The summed E-state index contributed by atoms with van der Waals surface area (Å²) in [6.45, 7) is 0. The molecule has 0 aliphatic rings. The van der Waals surface area contributed by atoms with E-state index in [-0.39, 0.29) is 30.4 Å². The van der Waals surface area contributed by atoms with Gasteiger partial charge in [0.2, 0.25) is 0 Å². The second-order valence-electron chi connectivity index (χ2n) is 0.883. The molecule has 0 rings (SSSR count). The van der Waals surface area contributed by atoms with E-state index in [1.807, 2.05) is 0 Å². The minimum Gasteiger partial charge on any atom is -0.870 e. The fraction of sp³-hybridized carbons (Fsp3) is 0.333. The Hall–Kier alpha value is -0.0526. The molecule has 10 heavy (non-hydrogen) atoms. The summed E-state index contributed by atoms with van der Waals surface area (Å²) in [5.41, 5.74) is 0. The fourth-order valence-corrected chi connectivity index (χ4v) is 0.107. The predicted octanol–water partition coefficient (Wildman–Crippen LogP) is -1.04. The third kappa shape index (κ3) is 15.7. The molecule has 0 heterocycles. The van der Waals surface area contributed by atoms with Gasteiger partial charge in [-0.25, -0.2) is 22.0 Å². The second-order valence-corrected chi connectivity index (χ2v) is 0.883.